The number of benzene rings is 1. The Balaban J connectivity index is 2.94. The van der Waals surface area contributed by atoms with Crippen LogP contribution >= 0.6 is 11.8 Å². The quantitative estimate of drug-likeness (QED) is 0.233. The van der Waals surface area contributed by atoms with E-state index in [1.165, 1.54) is 31.0 Å². The van der Waals surface area contributed by atoms with Crippen LogP contribution in [0.3, 0.4) is 0 Å². The van der Waals surface area contributed by atoms with Gasteiger partial charge in [0.05, 0.1) is 23.8 Å². The molecular weight excluding hydrogens is 376 g/mol. The molecule has 0 aromatic heterocycles. The average Bonchev–Trinajstić information content (AvgIpc) is 2.64. The molecule has 1 rings (SSSR count). The fourth-order valence-corrected chi connectivity index (χ4v) is 2.40. The molecule has 27 heavy (non-hydrogen) atoms. The van der Waals surface area contributed by atoms with E-state index in [0.717, 1.165) is 12.3 Å². The topological polar surface area (TPSA) is 155 Å². The Kier molecular flexibility index (Phi) is 8.61. The van der Waals surface area contributed by atoms with Crippen LogP contribution in [0.5, 0.6) is 5.75 Å². The molecule has 0 aliphatic heterocycles. The first-order chi connectivity index (χ1) is 12.8. The van der Waals surface area contributed by atoms with Crippen LogP contribution in [-0.2, 0) is 9.59 Å². The number of hydrogen-bond acceptors (Lipinski definition) is 8. The molecule has 0 spiro atoms. The fourth-order valence-electron chi connectivity index (χ4n) is 1.93. The Morgan fingerprint density at radius 1 is 1.52 bits per heavy atom. The minimum absolute atomic E-state index is 0.0474. The Morgan fingerprint density at radius 2 is 2.22 bits per heavy atom. The van der Waals surface area contributed by atoms with Crippen molar-refractivity contribution >= 4 is 35.0 Å². The number of anilines is 1. The zero-order valence-electron chi connectivity index (χ0n) is 14.6. The third-order valence-electron chi connectivity index (χ3n) is 3.35. The summed E-state index contributed by atoms with van der Waals surface area (Å²) in [5.74, 6) is -1.28. The highest BCUT2D eigenvalue weighted by molar-refractivity contribution is 7.98. The lowest BCUT2D eigenvalue weighted by molar-refractivity contribution is -0.384. The molecule has 3 N–H and O–H groups in total. The second-order valence-corrected chi connectivity index (χ2v) is 6.09. The number of nitro benzene ring substituents is 1. The van der Waals surface area contributed by atoms with Crippen LogP contribution in [0.15, 0.2) is 30.0 Å². The number of aliphatic carboxylic acids is 1. The van der Waals surface area contributed by atoms with E-state index in [4.69, 9.17) is 15.1 Å². The summed E-state index contributed by atoms with van der Waals surface area (Å²) in [4.78, 5) is 33.6. The van der Waals surface area contributed by atoms with Crippen molar-refractivity contribution < 1.29 is 24.4 Å². The molecule has 10 nitrogen and oxygen atoms in total. The Labute approximate surface area is 159 Å². The van der Waals surface area contributed by atoms with Crippen molar-refractivity contribution in [3.05, 3.63) is 40.1 Å². The van der Waals surface area contributed by atoms with Gasteiger partial charge in [-0.1, -0.05) is 0 Å². The number of nitriles is 1. The molecule has 0 saturated carbocycles. The van der Waals surface area contributed by atoms with E-state index in [0.29, 0.717) is 12.2 Å². The molecule has 0 radical (unpaired) electrons. The first-order valence-electron chi connectivity index (χ1n) is 7.55. The number of carbonyl (C=O) groups is 2. The van der Waals surface area contributed by atoms with Crippen LogP contribution in [0.4, 0.5) is 11.4 Å². The van der Waals surface area contributed by atoms with E-state index < -0.39 is 22.8 Å². The van der Waals surface area contributed by atoms with Gasteiger partial charge in [0.1, 0.15) is 23.4 Å². The van der Waals surface area contributed by atoms with Gasteiger partial charge in [0.2, 0.25) is 0 Å². The molecule has 0 aliphatic rings. The van der Waals surface area contributed by atoms with Crippen molar-refractivity contribution in [2.75, 3.05) is 24.4 Å². The van der Waals surface area contributed by atoms with E-state index in [9.17, 15) is 19.7 Å². The van der Waals surface area contributed by atoms with E-state index in [2.05, 4.69) is 10.6 Å². The van der Waals surface area contributed by atoms with Crippen LogP contribution in [0.2, 0.25) is 0 Å². The van der Waals surface area contributed by atoms with Crippen LogP contribution in [0.1, 0.15) is 6.42 Å². The summed E-state index contributed by atoms with van der Waals surface area (Å²) in [6, 6.07) is 4.32. The van der Waals surface area contributed by atoms with Gasteiger partial charge >= 0.3 is 5.97 Å². The first kappa shape index (κ1) is 21.8. The van der Waals surface area contributed by atoms with Crippen molar-refractivity contribution in [3.63, 3.8) is 0 Å². The van der Waals surface area contributed by atoms with Gasteiger partial charge in [-0.05, 0) is 24.5 Å². The minimum Gasteiger partial charge on any atom is -0.494 e. The second-order valence-electron chi connectivity index (χ2n) is 5.10. The molecule has 11 heteroatoms. The van der Waals surface area contributed by atoms with Gasteiger partial charge in [0.25, 0.3) is 11.6 Å². The average molecular weight is 394 g/mol. The third kappa shape index (κ3) is 6.52. The maximum atomic E-state index is 12.2. The lowest BCUT2D eigenvalue weighted by atomic mass is 10.2. The summed E-state index contributed by atoms with van der Waals surface area (Å²) >= 11 is 1.47. The maximum Gasteiger partial charge on any atom is 0.326 e. The highest BCUT2D eigenvalue weighted by Gasteiger charge is 2.18. The van der Waals surface area contributed by atoms with Crippen molar-refractivity contribution in [1.82, 2.24) is 5.32 Å². The zero-order chi connectivity index (χ0) is 20.4. The molecule has 0 bridgehead atoms. The lowest BCUT2D eigenvalue weighted by Gasteiger charge is -2.13. The lowest BCUT2D eigenvalue weighted by Crippen LogP contribution is -2.34. The molecular formula is C16H18N4O6S. The predicted octanol–water partition coefficient (Wildman–Crippen LogP) is 1.75. The van der Waals surface area contributed by atoms with E-state index >= 15 is 0 Å². The van der Waals surface area contributed by atoms with Gasteiger partial charge in [-0.25, -0.2) is 4.79 Å². The number of non-ortho nitro benzene ring substituents is 1. The molecule has 0 heterocycles. The number of nitro groups is 1. The van der Waals surface area contributed by atoms with Crippen LogP contribution in [-0.4, -0.2) is 47.1 Å². The van der Waals surface area contributed by atoms with Crippen molar-refractivity contribution in [3.8, 4) is 11.8 Å². The van der Waals surface area contributed by atoms with E-state index in [1.54, 1.807) is 6.07 Å². The number of hydrogen-bond donors (Lipinski definition) is 3. The standard InChI is InChI=1S/C16H18N4O6S/c1-26-14-7-11(20(24)25)3-4-12(14)19-15(21)10(8-17)9-18-13(16(22)23)5-6-27-2/h3-4,7,9,13,18H,5-6H2,1-2H3,(H,19,21)(H,22,23)/b10-9-. The molecule has 1 unspecified atom stereocenters. The molecule has 1 aromatic carbocycles. The number of carboxylic acids is 1. The molecule has 0 fully saturated rings. The number of amides is 1. The molecule has 0 saturated heterocycles. The molecule has 0 aliphatic carbocycles. The second kappa shape index (κ2) is 10.7. The Bertz CT molecular complexity index is 790. The van der Waals surface area contributed by atoms with Gasteiger partial charge in [-0.15, -0.1) is 0 Å². The number of nitrogens with zero attached hydrogens (tertiary/aromatic N) is 2. The van der Waals surface area contributed by atoms with Gasteiger partial charge < -0.3 is 20.5 Å². The molecule has 144 valence electrons. The van der Waals surface area contributed by atoms with Crippen molar-refractivity contribution in [1.29, 1.82) is 5.26 Å². The Morgan fingerprint density at radius 3 is 2.74 bits per heavy atom. The smallest absolute Gasteiger partial charge is 0.326 e. The highest BCUT2D eigenvalue weighted by atomic mass is 32.2. The van der Waals surface area contributed by atoms with Gasteiger partial charge in [-0.3, -0.25) is 14.9 Å². The first-order valence-corrected chi connectivity index (χ1v) is 8.95. The van der Waals surface area contributed by atoms with Gasteiger partial charge in [0.15, 0.2) is 0 Å². The molecule has 1 atom stereocenters. The highest BCUT2D eigenvalue weighted by Crippen LogP contribution is 2.29. The van der Waals surface area contributed by atoms with Gasteiger partial charge in [0, 0.05) is 12.3 Å². The summed E-state index contributed by atoms with van der Waals surface area (Å²) in [6.45, 7) is 0. The summed E-state index contributed by atoms with van der Waals surface area (Å²) in [5, 5.41) is 34.0. The number of carbonyl (C=O) groups excluding carboxylic acids is 1. The SMILES string of the molecule is COc1cc([N+](=O)[O-])ccc1NC(=O)/C(C#N)=C\NC(CCSC)C(=O)O. The maximum absolute atomic E-state index is 12.2. The van der Waals surface area contributed by atoms with Gasteiger partial charge in [-0.2, -0.15) is 17.0 Å². The molecule has 1 amide bonds. The monoisotopic (exact) mass is 394 g/mol. The molecule has 1 aromatic rings. The van der Waals surface area contributed by atoms with Crippen LogP contribution in [0.25, 0.3) is 0 Å². The number of rotatable bonds is 10. The van der Waals surface area contributed by atoms with Crippen LogP contribution in [0, 0.1) is 21.4 Å². The largest absolute Gasteiger partial charge is 0.494 e. The number of methoxy groups -OCH3 is 1. The third-order valence-corrected chi connectivity index (χ3v) is 3.99. The fraction of sp³-hybridized carbons (Fsp3) is 0.312. The summed E-state index contributed by atoms with van der Waals surface area (Å²) < 4.78 is 5.01. The van der Waals surface area contributed by atoms with E-state index in [1.807, 2.05) is 6.26 Å². The van der Waals surface area contributed by atoms with Crippen molar-refractivity contribution in [2.24, 2.45) is 0 Å². The minimum atomic E-state index is -1.10. The van der Waals surface area contributed by atoms with Crippen LogP contribution < -0.4 is 15.4 Å². The normalized spacial score (nSPS) is 11.8. The van der Waals surface area contributed by atoms with E-state index in [-0.39, 0.29) is 22.7 Å². The predicted molar refractivity (Wildman–Crippen MR) is 99.5 cm³/mol. The number of nitrogens with one attached hydrogen (secondary N) is 2. The zero-order valence-corrected chi connectivity index (χ0v) is 15.4. The summed E-state index contributed by atoms with van der Waals surface area (Å²) in [6.07, 6.45) is 3.18. The number of carboxylic acid groups (broad SMARTS) is 1. The Hall–Kier alpha value is -3.26. The summed E-state index contributed by atoms with van der Waals surface area (Å²) in [7, 11) is 1.28. The number of ether oxygens (including phenoxy) is 1. The number of thioether (sulfide) groups is 1. The van der Waals surface area contributed by atoms with Crippen molar-refractivity contribution in [2.45, 2.75) is 12.5 Å². The summed E-state index contributed by atoms with van der Waals surface area (Å²) in [5.41, 5.74) is -0.446.